The van der Waals surface area contributed by atoms with Crippen LogP contribution in [0.1, 0.15) is 13.3 Å². The molecule has 0 bridgehead atoms. The van der Waals surface area contributed by atoms with Crippen molar-refractivity contribution in [1.82, 2.24) is 5.32 Å². The largest absolute Gasteiger partial charge is 0.469 e. The van der Waals surface area contributed by atoms with Crippen LogP contribution >= 0.6 is 24.0 Å². The second-order valence-electron chi connectivity index (χ2n) is 3.09. The van der Waals surface area contributed by atoms with Gasteiger partial charge in [-0.15, -0.1) is 24.0 Å². The molecule has 1 unspecified atom stereocenters. The minimum absolute atomic E-state index is 0. The van der Waals surface area contributed by atoms with Crippen molar-refractivity contribution < 1.29 is 14.3 Å². The number of esters is 1. The van der Waals surface area contributed by atoms with E-state index in [4.69, 9.17) is 10.5 Å². The summed E-state index contributed by atoms with van der Waals surface area (Å²) in [5.41, 5.74) is 5.56. The molecule has 0 saturated carbocycles. The number of carbonyl (C=O) groups is 1. The van der Waals surface area contributed by atoms with Crippen LogP contribution in [0, 0.1) is 0 Å². The summed E-state index contributed by atoms with van der Waals surface area (Å²) in [6.45, 7) is 2.80. The standard InChI is InChI=1S/C9H19N3O3.HI/c1-7(6-14-2)12-9(10)11-5-4-8(13)15-3;/h7H,4-6H2,1-3H3,(H3,10,11,12);1H. The van der Waals surface area contributed by atoms with E-state index in [1.807, 2.05) is 6.92 Å². The first-order valence-electron chi connectivity index (χ1n) is 4.72. The van der Waals surface area contributed by atoms with Crippen molar-refractivity contribution in [3.05, 3.63) is 0 Å². The van der Waals surface area contributed by atoms with Gasteiger partial charge in [-0.2, -0.15) is 0 Å². The Bertz CT molecular complexity index is 224. The third-order valence-corrected chi connectivity index (χ3v) is 1.64. The molecule has 0 radical (unpaired) electrons. The quantitative estimate of drug-likeness (QED) is 0.309. The third kappa shape index (κ3) is 9.97. The van der Waals surface area contributed by atoms with Gasteiger partial charge in [-0.3, -0.25) is 9.79 Å². The van der Waals surface area contributed by atoms with Crippen LogP contribution in [0.25, 0.3) is 0 Å². The van der Waals surface area contributed by atoms with Crippen molar-refractivity contribution >= 4 is 35.9 Å². The molecule has 0 aliphatic rings. The van der Waals surface area contributed by atoms with E-state index in [0.717, 1.165) is 0 Å². The molecule has 7 heteroatoms. The van der Waals surface area contributed by atoms with Crippen LogP contribution in [0.5, 0.6) is 0 Å². The number of nitrogens with two attached hydrogens (primary N) is 1. The summed E-state index contributed by atoms with van der Waals surface area (Å²) in [5.74, 6) is 0.0138. The summed E-state index contributed by atoms with van der Waals surface area (Å²) in [7, 11) is 2.96. The summed E-state index contributed by atoms with van der Waals surface area (Å²) in [6, 6.07) is 0.0943. The zero-order valence-electron chi connectivity index (χ0n) is 9.86. The third-order valence-electron chi connectivity index (χ3n) is 1.64. The van der Waals surface area contributed by atoms with E-state index < -0.39 is 0 Å². The van der Waals surface area contributed by atoms with E-state index in [1.54, 1.807) is 7.11 Å². The van der Waals surface area contributed by atoms with Crippen LogP contribution < -0.4 is 11.1 Å². The molecule has 0 rings (SSSR count). The molecule has 6 nitrogen and oxygen atoms in total. The Morgan fingerprint density at radius 1 is 1.50 bits per heavy atom. The number of hydrogen-bond acceptors (Lipinski definition) is 4. The highest BCUT2D eigenvalue weighted by Crippen LogP contribution is 1.86. The van der Waals surface area contributed by atoms with Crippen molar-refractivity contribution in [3.63, 3.8) is 0 Å². The molecule has 0 spiro atoms. The Morgan fingerprint density at radius 2 is 2.12 bits per heavy atom. The predicted molar refractivity (Wildman–Crippen MR) is 73.0 cm³/mol. The molecule has 0 saturated heterocycles. The molecule has 0 aromatic heterocycles. The van der Waals surface area contributed by atoms with Gasteiger partial charge < -0.3 is 20.5 Å². The number of halogens is 1. The van der Waals surface area contributed by atoms with Crippen LogP contribution in [-0.2, 0) is 14.3 Å². The first-order valence-corrected chi connectivity index (χ1v) is 4.72. The monoisotopic (exact) mass is 345 g/mol. The molecule has 0 amide bonds. The summed E-state index contributed by atoms with van der Waals surface area (Å²) < 4.78 is 9.38. The fraction of sp³-hybridized carbons (Fsp3) is 0.778. The normalized spacial score (nSPS) is 12.6. The first-order chi connectivity index (χ1) is 7.10. The maximum Gasteiger partial charge on any atom is 0.307 e. The van der Waals surface area contributed by atoms with E-state index in [1.165, 1.54) is 7.11 Å². The fourth-order valence-corrected chi connectivity index (χ4v) is 0.959. The van der Waals surface area contributed by atoms with Gasteiger partial charge in [-0.25, -0.2) is 0 Å². The molecule has 96 valence electrons. The topological polar surface area (TPSA) is 85.9 Å². The zero-order chi connectivity index (χ0) is 11.7. The van der Waals surface area contributed by atoms with Gasteiger partial charge in [0.2, 0.25) is 0 Å². The Balaban J connectivity index is 0. The molecule has 0 aliphatic heterocycles. The van der Waals surface area contributed by atoms with Gasteiger partial charge in [0.05, 0.1) is 26.7 Å². The number of guanidine groups is 1. The Kier molecular flexibility index (Phi) is 12.2. The lowest BCUT2D eigenvalue weighted by molar-refractivity contribution is -0.140. The van der Waals surface area contributed by atoms with Crippen LogP contribution in [-0.4, -0.2) is 45.3 Å². The molecule has 3 N–H and O–H groups in total. The van der Waals surface area contributed by atoms with E-state index in [-0.39, 0.29) is 42.4 Å². The highest BCUT2D eigenvalue weighted by Gasteiger charge is 2.02. The molecule has 0 aromatic rings. The molecule has 1 atom stereocenters. The number of hydrogen-bond donors (Lipinski definition) is 2. The van der Waals surface area contributed by atoms with Gasteiger partial charge in [0, 0.05) is 13.2 Å². The van der Waals surface area contributed by atoms with Gasteiger partial charge in [0.1, 0.15) is 0 Å². The summed E-state index contributed by atoms with van der Waals surface area (Å²) >= 11 is 0. The number of aliphatic imine (C=N–C) groups is 1. The molecular formula is C9H20IN3O3. The molecule has 0 aromatic carbocycles. The maximum absolute atomic E-state index is 10.7. The minimum Gasteiger partial charge on any atom is -0.469 e. The van der Waals surface area contributed by atoms with Crippen LogP contribution in [0.4, 0.5) is 0 Å². The number of methoxy groups -OCH3 is 2. The second-order valence-corrected chi connectivity index (χ2v) is 3.09. The summed E-state index contributed by atoms with van der Waals surface area (Å²) in [5, 5.41) is 2.92. The van der Waals surface area contributed by atoms with Crippen molar-refractivity contribution in [1.29, 1.82) is 0 Å². The lowest BCUT2D eigenvalue weighted by Crippen LogP contribution is -2.40. The van der Waals surface area contributed by atoms with Crippen molar-refractivity contribution in [2.75, 3.05) is 27.4 Å². The predicted octanol–water partition coefficient (Wildman–Crippen LogP) is 0.107. The summed E-state index contributed by atoms with van der Waals surface area (Å²) in [6.07, 6.45) is 0.234. The number of rotatable bonds is 6. The number of carbonyl (C=O) groups excluding carboxylic acids is 1. The number of nitrogens with zero attached hydrogens (tertiary/aromatic N) is 1. The van der Waals surface area contributed by atoms with E-state index in [0.29, 0.717) is 19.1 Å². The first kappa shape index (κ1) is 17.8. The number of nitrogens with one attached hydrogen (secondary N) is 1. The van der Waals surface area contributed by atoms with Gasteiger partial charge in [0.25, 0.3) is 0 Å². The second kappa shape index (κ2) is 10.9. The van der Waals surface area contributed by atoms with Gasteiger partial charge in [0.15, 0.2) is 5.96 Å². The van der Waals surface area contributed by atoms with Crippen molar-refractivity contribution in [2.24, 2.45) is 10.7 Å². The van der Waals surface area contributed by atoms with Crippen molar-refractivity contribution in [3.8, 4) is 0 Å². The Hall–Kier alpha value is -0.570. The molecular weight excluding hydrogens is 325 g/mol. The Labute approximate surface area is 113 Å². The fourth-order valence-electron chi connectivity index (χ4n) is 0.959. The average Bonchev–Trinajstić information content (AvgIpc) is 2.17. The van der Waals surface area contributed by atoms with E-state index >= 15 is 0 Å². The van der Waals surface area contributed by atoms with Gasteiger partial charge in [-0.05, 0) is 6.92 Å². The van der Waals surface area contributed by atoms with Crippen LogP contribution in [0.15, 0.2) is 4.99 Å². The highest BCUT2D eigenvalue weighted by molar-refractivity contribution is 14.0. The van der Waals surface area contributed by atoms with E-state index in [9.17, 15) is 4.79 Å². The zero-order valence-corrected chi connectivity index (χ0v) is 12.2. The lowest BCUT2D eigenvalue weighted by atomic mass is 10.4. The summed E-state index contributed by atoms with van der Waals surface area (Å²) in [4.78, 5) is 14.7. The van der Waals surface area contributed by atoms with Gasteiger partial charge >= 0.3 is 5.97 Å². The molecule has 0 fully saturated rings. The molecule has 0 aliphatic carbocycles. The van der Waals surface area contributed by atoms with Gasteiger partial charge in [-0.1, -0.05) is 0 Å². The van der Waals surface area contributed by atoms with E-state index in [2.05, 4.69) is 15.0 Å². The smallest absolute Gasteiger partial charge is 0.307 e. The van der Waals surface area contributed by atoms with Crippen molar-refractivity contribution in [2.45, 2.75) is 19.4 Å². The van der Waals surface area contributed by atoms with Crippen LogP contribution in [0.3, 0.4) is 0 Å². The SMILES string of the molecule is COCC(C)NC(N)=NCCC(=O)OC.I. The average molecular weight is 345 g/mol. The minimum atomic E-state index is -0.295. The molecule has 0 heterocycles. The lowest BCUT2D eigenvalue weighted by Gasteiger charge is -2.12. The molecule has 16 heavy (non-hydrogen) atoms. The highest BCUT2D eigenvalue weighted by atomic mass is 127. The van der Waals surface area contributed by atoms with Crippen LogP contribution in [0.2, 0.25) is 0 Å². The Morgan fingerprint density at radius 3 is 2.62 bits per heavy atom. The number of ether oxygens (including phenoxy) is 2. The maximum atomic E-state index is 10.7.